The Morgan fingerprint density at radius 3 is 2.10 bits per heavy atom. The van der Waals surface area contributed by atoms with Crippen LogP contribution in [0.5, 0.6) is 0 Å². The number of benzene rings is 2. The summed E-state index contributed by atoms with van der Waals surface area (Å²) in [5, 5.41) is 2.80. The third-order valence-electron chi connectivity index (χ3n) is 4.67. The second kappa shape index (κ2) is 9.60. The number of aromatic nitrogens is 2. The van der Waals surface area contributed by atoms with E-state index in [0.717, 1.165) is 11.1 Å². The summed E-state index contributed by atoms with van der Waals surface area (Å²) < 4.78 is 26.5. The number of carbonyl (C=O) groups is 1. The molecule has 0 spiro atoms. The third-order valence-corrected chi connectivity index (χ3v) is 6.73. The highest BCUT2D eigenvalue weighted by atomic mass is 32.2. The van der Waals surface area contributed by atoms with Gasteiger partial charge in [-0.1, -0.05) is 56.3 Å². The van der Waals surface area contributed by atoms with E-state index in [2.05, 4.69) is 15.3 Å². The first kappa shape index (κ1) is 21.6. The number of nitrogens with zero attached hydrogens (tertiary/aromatic N) is 3. The lowest BCUT2D eigenvalue weighted by Gasteiger charge is -2.18. The number of hydrogen-bond donors (Lipinski definition) is 1. The summed E-state index contributed by atoms with van der Waals surface area (Å²) in [5.74, 6) is 0.256. The quantitative estimate of drug-likeness (QED) is 0.600. The Morgan fingerprint density at radius 1 is 0.933 bits per heavy atom. The van der Waals surface area contributed by atoms with Gasteiger partial charge in [0.25, 0.3) is 5.91 Å². The Balaban J connectivity index is 1.62. The smallest absolute Gasteiger partial charge is 0.254 e. The molecule has 0 saturated heterocycles. The molecule has 0 aliphatic heterocycles. The van der Waals surface area contributed by atoms with Gasteiger partial charge in [0.15, 0.2) is 5.82 Å². The van der Waals surface area contributed by atoms with E-state index in [4.69, 9.17) is 0 Å². The molecule has 0 unspecified atom stereocenters. The van der Waals surface area contributed by atoms with Crippen molar-refractivity contribution in [3.05, 3.63) is 78.1 Å². The van der Waals surface area contributed by atoms with Gasteiger partial charge in [-0.15, -0.1) is 0 Å². The minimum atomic E-state index is -3.49. The van der Waals surface area contributed by atoms with Gasteiger partial charge in [-0.2, -0.15) is 4.31 Å². The average molecular weight is 425 g/mol. The van der Waals surface area contributed by atoms with Gasteiger partial charge in [-0.25, -0.2) is 18.4 Å². The van der Waals surface area contributed by atoms with Crippen LogP contribution in [0.15, 0.2) is 71.9 Å². The minimum absolute atomic E-state index is 0.242. The normalized spacial score (nSPS) is 11.4. The zero-order chi connectivity index (χ0) is 21.6. The molecule has 0 atom stereocenters. The van der Waals surface area contributed by atoms with Crippen molar-refractivity contribution >= 4 is 15.9 Å². The topological polar surface area (TPSA) is 92.3 Å². The molecule has 1 aromatic heterocycles. The van der Waals surface area contributed by atoms with Crippen molar-refractivity contribution in [2.24, 2.45) is 0 Å². The Hall–Kier alpha value is -3.10. The predicted molar refractivity (Wildman–Crippen MR) is 115 cm³/mol. The van der Waals surface area contributed by atoms with Gasteiger partial charge in [-0.3, -0.25) is 4.79 Å². The highest BCUT2D eigenvalue weighted by molar-refractivity contribution is 7.89. The van der Waals surface area contributed by atoms with Crippen molar-refractivity contribution in [2.75, 3.05) is 13.1 Å². The van der Waals surface area contributed by atoms with Gasteiger partial charge in [-0.05, 0) is 17.7 Å². The number of rotatable bonds is 8. The van der Waals surface area contributed by atoms with Crippen LogP contribution in [0.1, 0.15) is 29.8 Å². The van der Waals surface area contributed by atoms with Crippen LogP contribution in [0.4, 0.5) is 0 Å². The first-order valence-electron chi connectivity index (χ1n) is 9.70. The molecule has 7 nitrogen and oxygen atoms in total. The first-order chi connectivity index (χ1) is 14.5. The molecule has 0 fully saturated rings. The molecule has 1 amide bonds. The van der Waals surface area contributed by atoms with E-state index in [1.807, 2.05) is 30.3 Å². The molecule has 0 aliphatic carbocycles. The van der Waals surface area contributed by atoms with Gasteiger partial charge < -0.3 is 5.32 Å². The zero-order valence-corrected chi connectivity index (χ0v) is 17.8. The lowest BCUT2D eigenvalue weighted by atomic mass is 10.2. The molecular weight excluding hydrogens is 400 g/mol. The molecule has 0 saturated carbocycles. The number of amides is 1. The summed E-state index contributed by atoms with van der Waals surface area (Å²) in [6.07, 6.45) is 2.98. The number of hydrogen-bond acceptors (Lipinski definition) is 5. The van der Waals surface area contributed by atoms with Crippen LogP contribution in [0.2, 0.25) is 0 Å². The third kappa shape index (κ3) is 4.90. The zero-order valence-electron chi connectivity index (χ0n) is 16.9. The van der Waals surface area contributed by atoms with Crippen LogP contribution in [-0.4, -0.2) is 41.7 Å². The molecule has 1 heterocycles. The van der Waals surface area contributed by atoms with Crippen molar-refractivity contribution in [1.82, 2.24) is 19.6 Å². The van der Waals surface area contributed by atoms with E-state index >= 15 is 0 Å². The minimum Gasteiger partial charge on any atom is -0.348 e. The van der Waals surface area contributed by atoms with Gasteiger partial charge >= 0.3 is 0 Å². The second-order valence-corrected chi connectivity index (χ2v) is 8.52. The maximum atomic E-state index is 12.5. The lowest BCUT2D eigenvalue weighted by Crippen LogP contribution is -2.30. The summed E-state index contributed by atoms with van der Waals surface area (Å²) >= 11 is 0. The fourth-order valence-electron chi connectivity index (χ4n) is 2.96. The lowest BCUT2D eigenvalue weighted by molar-refractivity contribution is 0.0950. The Labute approximate surface area is 176 Å². The van der Waals surface area contributed by atoms with Crippen molar-refractivity contribution in [1.29, 1.82) is 0 Å². The summed E-state index contributed by atoms with van der Waals surface area (Å²) in [7, 11) is -3.49. The van der Waals surface area contributed by atoms with E-state index < -0.39 is 10.0 Å². The van der Waals surface area contributed by atoms with E-state index in [9.17, 15) is 13.2 Å². The van der Waals surface area contributed by atoms with Gasteiger partial charge in [0.2, 0.25) is 10.0 Å². The van der Waals surface area contributed by atoms with Crippen molar-refractivity contribution in [3.8, 4) is 11.4 Å². The fraction of sp³-hybridized carbons (Fsp3) is 0.227. The highest BCUT2D eigenvalue weighted by Gasteiger charge is 2.21. The van der Waals surface area contributed by atoms with Gasteiger partial charge in [0.05, 0.1) is 10.5 Å². The number of sulfonamides is 1. The fourth-order valence-corrected chi connectivity index (χ4v) is 4.42. The summed E-state index contributed by atoms with van der Waals surface area (Å²) in [6.45, 7) is 4.72. The summed E-state index contributed by atoms with van der Waals surface area (Å²) in [5.41, 5.74) is 2.03. The molecule has 0 aliphatic rings. The van der Waals surface area contributed by atoms with Crippen LogP contribution in [0.3, 0.4) is 0 Å². The summed E-state index contributed by atoms with van der Waals surface area (Å²) in [4.78, 5) is 21.1. The standard InChI is InChI=1S/C22H24N4O3S/c1-3-26(4-2)30(28,29)20-12-10-17(11-13-20)14-25-22(27)19-15-23-21(24-16-19)18-8-6-5-7-9-18/h5-13,15-16H,3-4,14H2,1-2H3,(H,25,27). The van der Waals surface area contributed by atoms with E-state index in [1.165, 1.54) is 16.7 Å². The molecule has 156 valence electrons. The summed E-state index contributed by atoms with van der Waals surface area (Å²) in [6, 6.07) is 16.0. The van der Waals surface area contributed by atoms with E-state index in [-0.39, 0.29) is 17.3 Å². The molecule has 0 bridgehead atoms. The Kier molecular flexibility index (Phi) is 6.91. The first-order valence-corrected chi connectivity index (χ1v) is 11.1. The average Bonchev–Trinajstić information content (AvgIpc) is 2.79. The van der Waals surface area contributed by atoms with Crippen molar-refractivity contribution in [2.45, 2.75) is 25.3 Å². The molecular formula is C22H24N4O3S. The molecule has 0 radical (unpaired) electrons. The SMILES string of the molecule is CCN(CC)S(=O)(=O)c1ccc(CNC(=O)c2cnc(-c3ccccc3)nc2)cc1. The maximum absolute atomic E-state index is 12.5. The molecule has 2 aromatic carbocycles. The van der Waals surface area contributed by atoms with E-state index in [1.54, 1.807) is 38.1 Å². The van der Waals surface area contributed by atoms with Crippen LogP contribution < -0.4 is 5.32 Å². The number of nitrogens with one attached hydrogen (secondary N) is 1. The molecule has 3 rings (SSSR count). The molecule has 1 N–H and O–H groups in total. The molecule has 30 heavy (non-hydrogen) atoms. The van der Waals surface area contributed by atoms with Crippen LogP contribution in [0.25, 0.3) is 11.4 Å². The number of carbonyl (C=O) groups excluding carboxylic acids is 1. The predicted octanol–water partition coefficient (Wildman–Crippen LogP) is 3.10. The van der Waals surface area contributed by atoms with Gasteiger partial charge in [0, 0.05) is 37.6 Å². The maximum Gasteiger partial charge on any atom is 0.254 e. The van der Waals surface area contributed by atoms with Crippen LogP contribution in [0, 0.1) is 0 Å². The van der Waals surface area contributed by atoms with Crippen LogP contribution in [-0.2, 0) is 16.6 Å². The monoisotopic (exact) mass is 424 g/mol. The Bertz CT molecular complexity index is 1080. The van der Waals surface area contributed by atoms with E-state index in [0.29, 0.717) is 24.5 Å². The Morgan fingerprint density at radius 2 is 1.53 bits per heavy atom. The van der Waals surface area contributed by atoms with Crippen molar-refractivity contribution in [3.63, 3.8) is 0 Å². The molecule has 8 heteroatoms. The largest absolute Gasteiger partial charge is 0.348 e. The van der Waals surface area contributed by atoms with Crippen molar-refractivity contribution < 1.29 is 13.2 Å². The van der Waals surface area contributed by atoms with Gasteiger partial charge in [0.1, 0.15) is 0 Å². The second-order valence-electron chi connectivity index (χ2n) is 6.58. The molecule has 3 aromatic rings. The van der Waals surface area contributed by atoms with Crippen LogP contribution >= 0.6 is 0 Å². The highest BCUT2D eigenvalue weighted by Crippen LogP contribution is 2.16.